The summed E-state index contributed by atoms with van der Waals surface area (Å²) in [5.41, 5.74) is 0. The Hall–Kier alpha value is -0.380. The number of unbranched alkanes of at least 4 members (excludes halogenated alkanes) is 18. The molecule has 0 aromatic rings. The van der Waals surface area contributed by atoms with E-state index in [2.05, 4.69) is 19.1 Å². The van der Waals surface area contributed by atoms with Gasteiger partial charge < -0.3 is 14.6 Å². The molecule has 1 N–H and O–H groups in total. The number of hydrogen-bond donors (Lipinski definition) is 1. The fraction of sp³-hybridized carbons (Fsp3) is 0.929. The van der Waals surface area contributed by atoms with E-state index in [9.17, 15) is 5.11 Å². The van der Waals surface area contributed by atoms with E-state index in [4.69, 9.17) is 9.47 Å². The number of ether oxygens (including phenoxy) is 2. The standard InChI is InChI=1S/C28H56O3/c1-3-4-5-6-7-8-9-10-11-12-13-14-15-16-17-18-19-20-21-22-23-24-25-31-27-28(29)26-30-2/h15-16,28-29H,3-14,17-27H2,1-2H3/t28-/m0/s1. The van der Waals surface area contributed by atoms with E-state index in [1.165, 1.54) is 122 Å². The van der Waals surface area contributed by atoms with Crippen LogP contribution in [0.25, 0.3) is 0 Å². The van der Waals surface area contributed by atoms with Crippen LogP contribution >= 0.6 is 0 Å². The van der Waals surface area contributed by atoms with E-state index >= 15 is 0 Å². The summed E-state index contributed by atoms with van der Waals surface area (Å²) in [7, 11) is 1.60. The van der Waals surface area contributed by atoms with Crippen LogP contribution in [0.3, 0.4) is 0 Å². The fourth-order valence-electron chi connectivity index (χ4n) is 3.97. The predicted molar refractivity (Wildman–Crippen MR) is 136 cm³/mol. The second kappa shape index (κ2) is 27.7. The van der Waals surface area contributed by atoms with Crippen LogP contribution in [-0.2, 0) is 9.47 Å². The average molecular weight is 441 g/mol. The average Bonchev–Trinajstić information content (AvgIpc) is 2.77. The molecule has 0 spiro atoms. The van der Waals surface area contributed by atoms with E-state index in [0.29, 0.717) is 13.2 Å². The summed E-state index contributed by atoms with van der Waals surface area (Å²) < 4.78 is 10.3. The Morgan fingerprint density at radius 2 is 1.00 bits per heavy atom. The molecule has 0 radical (unpaired) electrons. The second-order valence-electron chi connectivity index (χ2n) is 9.24. The molecule has 0 amide bonds. The lowest BCUT2D eigenvalue weighted by molar-refractivity contribution is -0.00684. The van der Waals surface area contributed by atoms with Gasteiger partial charge in [0.2, 0.25) is 0 Å². The first-order valence-corrected chi connectivity index (χ1v) is 13.7. The smallest absolute Gasteiger partial charge is 0.101 e. The molecule has 0 fully saturated rings. The highest BCUT2D eigenvalue weighted by Crippen LogP contribution is 2.13. The summed E-state index contributed by atoms with van der Waals surface area (Å²) in [6, 6.07) is 0. The Morgan fingerprint density at radius 1 is 0.581 bits per heavy atom. The largest absolute Gasteiger partial charge is 0.388 e. The minimum absolute atomic E-state index is 0.356. The molecule has 0 aliphatic rings. The summed E-state index contributed by atoms with van der Waals surface area (Å²) in [6.45, 7) is 3.79. The van der Waals surface area contributed by atoms with Gasteiger partial charge in [-0.25, -0.2) is 0 Å². The van der Waals surface area contributed by atoms with Gasteiger partial charge in [0.25, 0.3) is 0 Å². The van der Waals surface area contributed by atoms with Gasteiger partial charge in [0, 0.05) is 13.7 Å². The molecule has 3 nitrogen and oxygen atoms in total. The van der Waals surface area contributed by atoms with Crippen molar-refractivity contribution in [3.8, 4) is 0 Å². The summed E-state index contributed by atoms with van der Waals surface area (Å²) >= 11 is 0. The van der Waals surface area contributed by atoms with E-state index in [1.807, 2.05) is 0 Å². The summed E-state index contributed by atoms with van der Waals surface area (Å²) in [5.74, 6) is 0. The number of hydrogen-bond acceptors (Lipinski definition) is 3. The molecule has 0 rings (SSSR count). The van der Waals surface area contributed by atoms with Crippen LogP contribution in [0.15, 0.2) is 12.2 Å². The predicted octanol–water partition coefficient (Wildman–Crippen LogP) is 8.39. The third kappa shape index (κ3) is 27.6. The molecule has 0 aromatic heterocycles. The lowest BCUT2D eigenvalue weighted by Crippen LogP contribution is -2.21. The Morgan fingerprint density at radius 3 is 1.45 bits per heavy atom. The molecule has 0 heterocycles. The van der Waals surface area contributed by atoms with Crippen molar-refractivity contribution in [1.29, 1.82) is 0 Å². The highest BCUT2D eigenvalue weighted by molar-refractivity contribution is 4.81. The first-order valence-electron chi connectivity index (χ1n) is 13.7. The number of rotatable bonds is 26. The molecule has 186 valence electrons. The van der Waals surface area contributed by atoms with Crippen molar-refractivity contribution in [3.05, 3.63) is 12.2 Å². The van der Waals surface area contributed by atoms with Gasteiger partial charge in [-0.2, -0.15) is 0 Å². The van der Waals surface area contributed by atoms with Gasteiger partial charge in [-0.05, 0) is 32.1 Å². The topological polar surface area (TPSA) is 38.7 Å². The zero-order valence-electron chi connectivity index (χ0n) is 21.3. The van der Waals surface area contributed by atoms with Crippen molar-refractivity contribution in [2.75, 3.05) is 26.9 Å². The zero-order valence-corrected chi connectivity index (χ0v) is 21.3. The molecule has 0 bridgehead atoms. The van der Waals surface area contributed by atoms with Crippen LogP contribution in [0.4, 0.5) is 0 Å². The first-order chi connectivity index (χ1) is 15.3. The van der Waals surface area contributed by atoms with E-state index in [0.717, 1.165) is 13.0 Å². The number of aliphatic hydroxyl groups is 1. The molecule has 0 aliphatic carbocycles. The lowest BCUT2D eigenvalue weighted by Gasteiger charge is -2.09. The zero-order chi connectivity index (χ0) is 22.7. The summed E-state index contributed by atoms with van der Waals surface area (Å²) in [4.78, 5) is 0. The Labute approximate surface area is 195 Å². The van der Waals surface area contributed by atoms with Gasteiger partial charge >= 0.3 is 0 Å². The molecule has 0 aliphatic heterocycles. The van der Waals surface area contributed by atoms with Gasteiger partial charge in [-0.3, -0.25) is 0 Å². The maximum absolute atomic E-state index is 9.47. The van der Waals surface area contributed by atoms with Crippen molar-refractivity contribution < 1.29 is 14.6 Å². The molecule has 31 heavy (non-hydrogen) atoms. The molecular weight excluding hydrogens is 384 g/mol. The van der Waals surface area contributed by atoms with Crippen LogP contribution in [0, 0.1) is 0 Å². The van der Waals surface area contributed by atoms with Crippen LogP contribution < -0.4 is 0 Å². The van der Waals surface area contributed by atoms with Gasteiger partial charge in [-0.15, -0.1) is 0 Å². The third-order valence-corrected chi connectivity index (χ3v) is 5.97. The highest BCUT2D eigenvalue weighted by atomic mass is 16.5. The minimum atomic E-state index is -0.487. The van der Waals surface area contributed by atoms with Crippen molar-refractivity contribution in [3.63, 3.8) is 0 Å². The Kier molecular flexibility index (Phi) is 27.3. The normalized spacial score (nSPS) is 12.7. The van der Waals surface area contributed by atoms with Crippen LogP contribution in [0.1, 0.15) is 135 Å². The minimum Gasteiger partial charge on any atom is -0.388 e. The number of allylic oxidation sites excluding steroid dienone is 2. The lowest BCUT2D eigenvalue weighted by atomic mass is 10.0. The Balaban J connectivity index is 3.10. The van der Waals surface area contributed by atoms with Crippen molar-refractivity contribution in [2.45, 2.75) is 141 Å². The maximum atomic E-state index is 9.47. The van der Waals surface area contributed by atoms with Crippen molar-refractivity contribution >= 4 is 0 Å². The van der Waals surface area contributed by atoms with E-state index < -0.39 is 6.10 Å². The number of aliphatic hydroxyl groups excluding tert-OH is 1. The molecular formula is C28H56O3. The Bertz CT molecular complexity index is 343. The number of methoxy groups -OCH3 is 1. The molecule has 0 saturated heterocycles. The van der Waals surface area contributed by atoms with Crippen molar-refractivity contribution in [1.82, 2.24) is 0 Å². The highest BCUT2D eigenvalue weighted by Gasteiger charge is 2.02. The second-order valence-corrected chi connectivity index (χ2v) is 9.24. The first kappa shape index (κ1) is 30.6. The molecule has 0 unspecified atom stereocenters. The van der Waals surface area contributed by atoms with Crippen molar-refractivity contribution in [2.24, 2.45) is 0 Å². The molecule has 0 aromatic carbocycles. The molecule has 3 heteroatoms. The van der Waals surface area contributed by atoms with Crippen LogP contribution in [0.5, 0.6) is 0 Å². The molecule has 1 atom stereocenters. The monoisotopic (exact) mass is 440 g/mol. The molecule has 0 saturated carbocycles. The van der Waals surface area contributed by atoms with Gasteiger partial charge in [0.1, 0.15) is 6.10 Å². The third-order valence-electron chi connectivity index (χ3n) is 5.97. The van der Waals surface area contributed by atoms with Gasteiger partial charge in [-0.1, -0.05) is 115 Å². The fourth-order valence-corrected chi connectivity index (χ4v) is 3.97. The SMILES string of the molecule is CCCCCCCCCCCCCC=CCCCCCCCCCOC[C@@H](O)COC. The summed E-state index contributed by atoms with van der Waals surface area (Å²) in [5, 5.41) is 9.47. The van der Waals surface area contributed by atoms with E-state index in [-0.39, 0.29) is 0 Å². The maximum Gasteiger partial charge on any atom is 0.101 e. The summed E-state index contributed by atoms with van der Waals surface area (Å²) in [6.07, 6.45) is 31.6. The quantitative estimate of drug-likeness (QED) is 0.108. The van der Waals surface area contributed by atoms with Crippen LogP contribution in [-0.4, -0.2) is 38.1 Å². The van der Waals surface area contributed by atoms with Gasteiger partial charge in [0.15, 0.2) is 0 Å². The van der Waals surface area contributed by atoms with E-state index in [1.54, 1.807) is 7.11 Å². The van der Waals surface area contributed by atoms with Gasteiger partial charge in [0.05, 0.1) is 13.2 Å². The van der Waals surface area contributed by atoms with Crippen LogP contribution in [0.2, 0.25) is 0 Å².